The molecule has 2 fully saturated rings. The van der Waals surface area contributed by atoms with Crippen LogP contribution in [0.25, 0.3) is 0 Å². The van der Waals surface area contributed by atoms with Crippen molar-refractivity contribution >= 4 is 11.9 Å². The van der Waals surface area contributed by atoms with Crippen LogP contribution in [0.5, 0.6) is 0 Å². The minimum atomic E-state index is 0.234. The minimum Gasteiger partial charge on any atom is -0.383 e. The number of amides is 1. The van der Waals surface area contributed by atoms with Crippen LogP contribution in [0.15, 0.2) is 6.07 Å². The van der Waals surface area contributed by atoms with E-state index in [1.165, 1.54) is 12.8 Å². The number of hydrogen-bond acceptors (Lipinski definition) is 5. The molecule has 3 heterocycles. The maximum Gasteiger partial charge on any atom is 0.225 e. The second-order valence-corrected chi connectivity index (χ2v) is 6.60. The third kappa shape index (κ3) is 3.99. The van der Waals surface area contributed by atoms with Crippen LogP contribution < -0.4 is 4.90 Å². The summed E-state index contributed by atoms with van der Waals surface area (Å²) in [4.78, 5) is 25.6. The van der Waals surface area contributed by atoms with Gasteiger partial charge in [0.1, 0.15) is 0 Å². The Balaban J connectivity index is 1.65. The van der Waals surface area contributed by atoms with Gasteiger partial charge in [-0.2, -0.15) is 0 Å². The summed E-state index contributed by atoms with van der Waals surface area (Å²) < 4.78 is 5.07. The quantitative estimate of drug-likeness (QED) is 0.794. The van der Waals surface area contributed by atoms with E-state index in [1.54, 1.807) is 7.11 Å². The van der Waals surface area contributed by atoms with Gasteiger partial charge >= 0.3 is 0 Å². The number of likely N-dealkylation sites (tertiary alicyclic amines) is 1. The van der Waals surface area contributed by atoms with E-state index in [9.17, 15) is 4.79 Å². The van der Waals surface area contributed by atoms with Gasteiger partial charge in [-0.3, -0.25) is 4.79 Å². The first kappa shape index (κ1) is 16.2. The van der Waals surface area contributed by atoms with Crippen LogP contribution in [0.1, 0.15) is 30.7 Å². The van der Waals surface area contributed by atoms with Crippen molar-refractivity contribution < 1.29 is 9.53 Å². The lowest BCUT2D eigenvalue weighted by Crippen LogP contribution is -2.29. The van der Waals surface area contributed by atoms with Crippen molar-refractivity contribution in [3.63, 3.8) is 0 Å². The molecule has 6 heteroatoms. The predicted octanol–water partition coefficient (Wildman–Crippen LogP) is 1.42. The summed E-state index contributed by atoms with van der Waals surface area (Å²) in [6.45, 7) is 6.22. The highest BCUT2D eigenvalue weighted by Gasteiger charge is 2.29. The number of nitrogens with zero attached hydrogens (tertiary/aromatic N) is 4. The Kier molecular flexibility index (Phi) is 5.10. The van der Waals surface area contributed by atoms with E-state index in [0.29, 0.717) is 25.5 Å². The van der Waals surface area contributed by atoms with Crippen molar-refractivity contribution in [1.29, 1.82) is 0 Å². The summed E-state index contributed by atoms with van der Waals surface area (Å²) >= 11 is 0. The number of carbonyl (C=O) groups is 1. The fraction of sp³-hybridized carbons (Fsp3) is 0.706. The molecule has 6 nitrogen and oxygen atoms in total. The molecule has 0 saturated carbocycles. The maximum atomic E-state index is 12.1. The number of aromatic nitrogens is 2. The average Bonchev–Trinajstić information content (AvgIpc) is 3.15. The average molecular weight is 318 g/mol. The van der Waals surface area contributed by atoms with E-state index < -0.39 is 0 Å². The molecule has 0 aliphatic carbocycles. The number of ether oxygens (including phenoxy) is 1. The van der Waals surface area contributed by atoms with Crippen LogP contribution in [0.2, 0.25) is 0 Å². The molecule has 126 valence electrons. The highest BCUT2D eigenvalue weighted by atomic mass is 16.5. The Bertz CT molecular complexity index is 558. The van der Waals surface area contributed by atoms with Crippen LogP contribution in [0.3, 0.4) is 0 Å². The van der Waals surface area contributed by atoms with Gasteiger partial charge in [-0.25, -0.2) is 9.97 Å². The second kappa shape index (κ2) is 7.25. The standard InChI is InChI=1S/C17H26N4O2/c1-13-9-15(19-17(18-13)20-5-3-4-6-20)10-14-11-16(22)21(12-14)7-8-23-2/h9,14H,3-8,10-12H2,1-2H3/t14-/m0/s1. The molecule has 1 aromatic heterocycles. The van der Waals surface area contributed by atoms with Crippen molar-refractivity contribution in [2.45, 2.75) is 32.6 Å². The SMILES string of the molecule is COCCN1C[C@@H](Cc2cc(C)nc(N3CCCC3)n2)CC1=O. The molecule has 1 atom stereocenters. The largest absolute Gasteiger partial charge is 0.383 e. The van der Waals surface area contributed by atoms with Crippen molar-refractivity contribution in [3.05, 3.63) is 17.5 Å². The second-order valence-electron chi connectivity index (χ2n) is 6.60. The Morgan fingerprint density at radius 3 is 2.83 bits per heavy atom. The number of anilines is 1. The third-order valence-electron chi connectivity index (χ3n) is 4.64. The van der Waals surface area contributed by atoms with Crippen molar-refractivity contribution in [2.75, 3.05) is 44.8 Å². The molecule has 0 spiro atoms. The zero-order valence-corrected chi connectivity index (χ0v) is 14.1. The van der Waals surface area contributed by atoms with E-state index in [1.807, 2.05) is 11.8 Å². The summed E-state index contributed by atoms with van der Waals surface area (Å²) in [5.74, 6) is 1.44. The highest BCUT2D eigenvalue weighted by molar-refractivity contribution is 5.78. The predicted molar refractivity (Wildman–Crippen MR) is 88.5 cm³/mol. The van der Waals surface area contributed by atoms with E-state index in [0.717, 1.165) is 43.4 Å². The molecular weight excluding hydrogens is 292 g/mol. The number of carbonyl (C=O) groups excluding carboxylic acids is 1. The van der Waals surface area contributed by atoms with E-state index in [2.05, 4.69) is 16.0 Å². The van der Waals surface area contributed by atoms with Gasteiger partial charge in [-0.15, -0.1) is 0 Å². The summed E-state index contributed by atoms with van der Waals surface area (Å²) in [5.41, 5.74) is 2.07. The zero-order valence-electron chi connectivity index (χ0n) is 14.1. The number of rotatable bonds is 6. The molecular formula is C17H26N4O2. The van der Waals surface area contributed by atoms with Crippen molar-refractivity contribution in [3.8, 4) is 0 Å². The van der Waals surface area contributed by atoms with Crippen LogP contribution in [-0.2, 0) is 16.0 Å². The van der Waals surface area contributed by atoms with Crippen molar-refractivity contribution in [1.82, 2.24) is 14.9 Å². The smallest absolute Gasteiger partial charge is 0.225 e. The lowest BCUT2D eigenvalue weighted by atomic mass is 10.0. The van der Waals surface area contributed by atoms with E-state index in [4.69, 9.17) is 9.72 Å². The molecule has 0 bridgehead atoms. The normalized spacial score (nSPS) is 21.5. The summed E-state index contributed by atoms with van der Waals surface area (Å²) in [6.07, 6.45) is 3.90. The Morgan fingerprint density at radius 2 is 2.09 bits per heavy atom. The van der Waals surface area contributed by atoms with E-state index >= 15 is 0 Å². The Hall–Kier alpha value is -1.69. The molecule has 0 radical (unpaired) electrons. The Morgan fingerprint density at radius 1 is 1.30 bits per heavy atom. The van der Waals surface area contributed by atoms with Gasteiger partial charge in [0.2, 0.25) is 11.9 Å². The molecule has 1 amide bonds. The lowest BCUT2D eigenvalue weighted by Gasteiger charge is -2.18. The van der Waals surface area contributed by atoms with Gasteiger partial charge in [-0.1, -0.05) is 0 Å². The molecule has 0 aromatic carbocycles. The molecule has 2 saturated heterocycles. The molecule has 0 unspecified atom stereocenters. The fourth-order valence-corrected chi connectivity index (χ4v) is 3.48. The van der Waals surface area contributed by atoms with Crippen LogP contribution in [-0.4, -0.2) is 60.7 Å². The highest BCUT2D eigenvalue weighted by Crippen LogP contribution is 2.23. The maximum absolute atomic E-state index is 12.1. The first-order chi connectivity index (χ1) is 11.2. The summed E-state index contributed by atoms with van der Waals surface area (Å²) in [6, 6.07) is 2.06. The summed E-state index contributed by atoms with van der Waals surface area (Å²) in [5, 5.41) is 0. The molecule has 3 rings (SSSR count). The van der Waals surface area contributed by atoms with Gasteiger partial charge in [0.05, 0.1) is 6.61 Å². The number of aryl methyl sites for hydroxylation is 1. The lowest BCUT2D eigenvalue weighted by molar-refractivity contribution is -0.128. The van der Waals surface area contributed by atoms with Crippen LogP contribution >= 0.6 is 0 Å². The van der Waals surface area contributed by atoms with E-state index in [-0.39, 0.29) is 5.91 Å². The van der Waals surface area contributed by atoms with Gasteiger partial charge < -0.3 is 14.5 Å². The molecule has 23 heavy (non-hydrogen) atoms. The third-order valence-corrected chi connectivity index (χ3v) is 4.64. The Labute approximate surface area is 137 Å². The van der Waals surface area contributed by atoms with Crippen LogP contribution in [0.4, 0.5) is 5.95 Å². The molecule has 1 aromatic rings. The summed E-state index contributed by atoms with van der Waals surface area (Å²) in [7, 11) is 1.67. The topological polar surface area (TPSA) is 58.6 Å². The monoisotopic (exact) mass is 318 g/mol. The first-order valence-corrected chi connectivity index (χ1v) is 8.52. The van der Waals surface area contributed by atoms with Gasteiger partial charge in [-0.05, 0) is 38.2 Å². The molecule has 2 aliphatic heterocycles. The van der Waals surface area contributed by atoms with Gasteiger partial charge in [0.15, 0.2) is 0 Å². The molecule has 0 N–H and O–H groups in total. The van der Waals surface area contributed by atoms with Gasteiger partial charge in [0.25, 0.3) is 0 Å². The van der Waals surface area contributed by atoms with Crippen LogP contribution in [0, 0.1) is 12.8 Å². The number of methoxy groups -OCH3 is 1. The number of hydrogen-bond donors (Lipinski definition) is 0. The van der Waals surface area contributed by atoms with Crippen molar-refractivity contribution in [2.24, 2.45) is 5.92 Å². The minimum absolute atomic E-state index is 0.234. The first-order valence-electron chi connectivity index (χ1n) is 8.52. The zero-order chi connectivity index (χ0) is 16.2. The van der Waals surface area contributed by atoms with Gasteiger partial charge in [0, 0.05) is 51.1 Å². The fourth-order valence-electron chi connectivity index (χ4n) is 3.48. The molecule has 2 aliphatic rings.